The van der Waals surface area contributed by atoms with Crippen molar-refractivity contribution in [3.05, 3.63) is 47.4 Å². The van der Waals surface area contributed by atoms with Crippen molar-refractivity contribution in [1.82, 2.24) is 9.97 Å². The van der Waals surface area contributed by atoms with Crippen molar-refractivity contribution in [3.63, 3.8) is 0 Å². The first-order chi connectivity index (χ1) is 11.1. The summed E-state index contributed by atoms with van der Waals surface area (Å²) in [5.41, 5.74) is 2.22. The maximum Gasteiger partial charge on any atom is 0.274 e. The van der Waals surface area contributed by atoms with Gasteiger partial charge in [0.15, 0.2) is 0 Å². The number of hydrogen-bond acceptors (Lipinski definition) is 5. The van der Waals surface area contributed by atoms with Crippen molar-refractivity contribution in [2.24, 2.45) is 0 Å². The van der Waals surface area contributed by atoms with Crippen LogP contribution in [0.1, 0.15) is 28.3 Å². The maximum atomic E-state index is 12.3. The molecule has 1 aromatic heterocycles. The predicted molar refractivity (Wildman–Crippen MR) is 90.9 cm³/mol. The molecule has 122 valence electrons. The van der Waals surface area contributed by atoms with Crippen molar-refractivity contribution in [1.29, 1.82) is 0 Å². The van der Waals surface area contributed by atoms with Gasteiger partial charge in [0.1, 0.15) is 17.3 Å². The first kappa shape index (κ1) is 16.9. The fourth-order valence-corrected chi connectivity index (χ4v) is 2.04. The number of aryl methyl sites for hydroxylation is 2. The number of benzene rings is 1. The molecule has 0 atom stereocenters. The molecule has 23 heavy (non-hydrogen) atoms. The Morgan fingerprint density at radius 1 is 1.17 bits per heavy atom. The van der Waals surface area contributed by atoms with Gasteiger partial charge in [-0.05, 0) is 32.4 Å². The van der Waals surface area contributed by atoms with Crippen LogP contribution in [0.2, 0.25) is 0 Å². The number of methoxy groups -OCH3 is 1. The summed E-state index contributed by atoms with van der Waals surface area (Å²) in [6.45, 7) is 5.17. The molecule has 0 spiro atoms. The van der Waals surface area contributed by atoms with Crippen LogP contribution in [0.25, 0.3) is 0 Å². The number of amides is 1. The summed E-state index contributed by atoms with van der Waals surface area (Å²) in [7, 11) is 1.67. The number of ether oxygens (including phenoxy) is 1. The van der Waals surface area contributed by atoms with E-state index in [0.717, 1.165) is 24.2 Å². The predicted octanol–water partition coefficient (Wildman–Crippen LogP) is 2.79. The van der Waals surface area contributed by atoms with Crippen molar-refractivity contribution in [2.45, 2.75) is 20.3 Å². The van der Waals surface area contributed by atoms with E-state index in [4.69, 9.17) is 4.74 Å². The van der Waals surface area contributed by atoms with Crippen LogP contribution in [0, 0.1) is 13.8 Å². The van der Waals surface area contributed by atoms with Crippen molar-refractivity contribution in [2.75, 3.05) is 30.9 Å². The number of carbonyl (C=O) groups is 1. The zero-order chi connectivity index (χ0) is 16.7. The van der Waals surface area contributed by atoms with E-state index in [2.05, 4.69) is 20.6 Å². The van der Waals surface area contributed by atoms with Crippen molar-refractivity contribution >= 4 is 17.4 Å². The van der Waals surface area contributed by atoms with E-state index in [1.807, 2.05) is 31.2 Å². The number of nitrogens with one attached hydrogen (secondary N) is 2. The Kier molecular flexibility index (Phi) is 6.05. The summed E-state index contributed by atoms with van der Waals surface area (Å²) in [5, 5.41) is 6.02. The maximum absolute atomic E-state index is 12.3. The van der Waals surface area contributed by atoms with Crippen LogP contribution < -0.4 is 10.6 Å². The van der Waals surface area contributed by atoms with Gasteiger partial charge in [-0.25, -0.2) is 9.97 Å². The molecule has 0 aliphatic rings. The Bertz CT molecular complexity index is 656. The smallest absolute Gasteiger partial charge is 0.274 e. The number of rotatable bonds is 7. The minimum atomic E-state index is -0.251. The third-order valence-corrected chi connectivity index (χ3v) is 3.21. The molecule has 0 aliphatic heterocycles. The summed E-state index contributed by atoms with van der Waals surface area (Å²) in [6, 6.07) is 9.28. The lowest BCUT2D eigenvalue weighted by Crippen LogP contribution is -2.16. The molecule has 6 heteroatoms. The summed E-state index contributed by atoms with van der Waals surface area (Å²) < 4.78 is 5.00. The van der Waals surface area contributed by atoms with Crippen molar-refractivity contribution in [3.8, 4) is 0 Å². The molecule has 0 fully saturated rings. The summed E-state index contributed by atoms with van der Waals surface area (Å²) in [5.74, 6) is 0.942. The highest BCUT2D eigenvalue weighted by Crippen LogP contribution is 2.12. The van der Waals surface area contributed by atoms with Crippen LogP contribution in [0.15, 0.2) is 30.3 Å². The monoisotopic (exact) mass is 314 g/mol. The number of hydrogen-bond donors (Lipinski definition) is 2. The summed E-state index contributed by atoms with van der Waals surface area (Å²) >= 11 is 0. The lowest BCUT2D eigenvalue weighted by atomic mass is 10.2. The molecule has 1 aromatic carbocycles. The molecule has 2 N–H and O–H groups in total. The Labute approximate surface area is 136 Å². The fraction of sp³-hybridized carbons (Fsp3) is 0.353. The summed E-state index contributed by atoms with van der Waals surface area (Å²) in [6.07, 6.45) is 0.866. The molecule has 0 saturated carbocycles. The Morgan fingerprint density at radius 2 is 1.91 bits per heavy atom. The third kappa shape index (κ3) is 5.34. The van der Waals surface area contributed by atoms with E-state index in [9.17, 15) is 4.79 Å². The molecule has 1 amide bonds. The number of carbonyl (C=O) groups excluding carboxylic acids is 1. The molecular formula is C17H22N4O2. The number of aromatic nitrogens is 2. The molecule has 0 aliphatic carbocycles. The lowest BCUT2D eigenvalue weighted by molar-refractivity contribution is 0.102. The molecule has 0 bridgehead atoms. The molecular weight excluding hydrogens is 292 g/mol. The van der Waals surface area contributed by atoms with Gasteiger partial charge in [-0.3, -0.25) is 4.79 Å². The highest BCUT2D eigenvalue weighted by Gasteiger charge is 2.10. The van der Waals surface area contributed by atoms with E-state index in [1.165, 1.54) is 0 Å². The standard InChI is InChI=1S/C17H22N4O2/c1-12-5-7-14(8-6-12)21-17(22)15-11-16(20-13(2)19-15)18-9-4-10-23-3/h5-8,11H,4,9-10H2,1-3H3,(H,21,22)(H,18,19,20). The van der Waals surface area contributed by atoms with Gasteiger partial charge in [0.2, 0.25) is 0 Å². The molecule has 1 heterocycles. The van der Waals surface area contributed by atoms with Gasteiger partial charge in [-0.2, -0.15) is 0 Å². The van der Waals surface area contributed by atoms with Crippen molar-refractivity contribution < 1.29 is 9.53 Å². The van der Waals surface area contributed by atoms with Crippen LogP contribution in [0.3, 0.4) is 0 Å². The zero-order valence-corrected chi connectivity index (χ0v) is 13.7. The minimum Gasteiger partial charge on any atom is -0.385 e. The largest absolute Gasteiger partial charge is 0.385 e. The van der Waals surface area contributed by atoms with Crippen LogP contribution in [0.5, 0.6) is 0 Å². The SMILES string of the molecule is COCCCNc1cc(C(=O)Nc2ccc(C)cc2)nc(C)n1. The first-order valence-electron chi connectivity index (χ1n) is 7.55. The van der Waals surface area contributed by atoms with Gasteiger partial charge >= 0.3 is 0 Å². The molecule has 6 nitrogen and oxygen atoms in total. The summed E-state index contributed by atoms with van der Waals surface area (Å²) in [4.78, 5) is 20.8. The fourth-order valence-electron chi connectivity index (χ4n) is 2.04. The average molecular weight is 314 g/mol. The second-order valence-corrected chi connectivity index (χ2v) is 5.28. The second-order valence-electron chi connectivity index (χ2n) is 5.28. The molecule has 0 radical (unpaired) electrons. The highest BCUT2D eigenvalue weighted by atomic mass is 16.5. The average Bonchev–Trinajstić information content (AvgIpc) is 2.53. The first-order valence-corrected chi connectivity index (χ1v) is 7.55. The van der Waals surface area contributed by atoms with Gasteiger partial charge in [0.05, 0.1) is 0 Å². The van der Waals surface area contributed by atoms with Gasteiger partial charge in [0, 0.05) is 32.0 Å². The molecule has 0 unspecified atom stereocenters. The van der Waals surface area contributed by atoms with E-state index < -0.39 is 0 Å². The van der Waals surface area contributed by atoms with E-state index in [1.54, 1.807) is 20.1 Å². The quantitative estimate of drug-likeness (QED) is 0.769. The van der Waals surface area contributed by atoms with E-state index >= 15 is 0 Å². The van der Waals surface area contributed by atoms with Gasteiger partial charge in [-0.15, -0.1) is 0 Å². The normalized spacial score (nSPS) is 10.4. The number of nitrogens with zero attached hydrogens (tertiary/aromatic N) is 2. The zero-order valence-electron chi connectivity index (χ0n) is 13.7. The third-order valence-electron chi connectivity index (χ3n) is 3.21. The van der Waals surface area contributed by atoms with Crippen LogP contribution in [-0.4, -0.2) is 36.1 Å². The van der Waals surface area contributed by atoms with Gasteiger partial charge < -0.3 is 15.4 Å². The Morgan fingerprint density at radius 3 is 2.61 bits per heavy atom. The lowest BCUT2D eigenvalue weighted by Gasteiger charge is -2.09. The molecule has 0 saturated heterocycles. The Balaban J connectivity index is 2.04. The topological polar surface area (TPSA) is 76.1 Å². The van der Waals surface area contributed by atoms with E-state index in [-0.39, 0.29) is 5.91 Å². The molecule has 2 aromatic rings. The molecule has 2 rings (SSSR count). The minimum absolute atomic E-state index is 0.251. The van der Waals surface area contributed by atoms with Crippen LogP contribution >= 0.6 is 0 Å². The highest BCUT2D eigenvalue weighted by molar-refractivity contribution is 6.03. The van der Waals surface area contributed by atoms with Crippen LogP contribution in [0.4, 0.5) is 11.5 Å². The van der Waals surface area contributed by atoms with Gasteiger partial charge in [-0.1, -0.05) is 17.7 Å². The Hall–Kier alpha value is -2.47. The van der Waals surface area contributed by atoms with Gasteiger partial charge in [0.25, 0.3) is 5.91 Å². The van der Waals surface area contributed by atoms with E-state index in [0.29, 0.717) is 23.9 Å². The van der Waals surface area contributed by atoms with Crippen LogP contribution in [-0.2, 0) is 4.74 Å². The number of anilines is 2. The second kappa shape index (κ2) is 8.24.